The number of unbranched alkanes of at least 4 members (excludes halogenated alkanes) is 1. The number of aliphatic hydroxyl groups is 3. The molecule has 0 radical (unpaired) electrons. The van der Waals surface area contributed by atoms with Crippen molar-refractivity contribution in [1.82, 2.24) is 47.9 Å². The highest BCUT2D eigenvalue weighted by atomic mass is 16.4. The van der Waals surface area contributed by atoms with Gasteiger partial charge in [-0.2, -0.15) is 0 Å². The highest BCUT2D eigenvalue weighted by molar-refractivity contribution is 6.00. The van der Waals surface area contributed by atoms with E-state index in [0.29, 0.717) is 19.4 Å². The van der Waals surface area contributed by atoms with Crippen LogP contribution in [0, 0.1) is 0 Å². The van der Waals surface area contributed by atoms with E-state index in [4.69, 9.17) is 34.4 Å². The van der Waals surface area contributed by atoms with Gasteiger partial charge in [0.05, 0.1) is 38.2 Å². The van der Waals surface area contributed by atoms with E-state index in [1.54, 1.807) is 0 Å². The van der Waals surface area contributed by atoms with Gasteiger partial charge in [0.15, 0.2) is 12.0 Å². The van der Waals surface area contributed by atoms with Crippen molar-refractivity contribution in [1.29, 1.82) is 0 Å². The highest BCUT2D eigenvalue weighted by Crippen LogP contribution is 2.15. The SMILES string of the molecule is C[C@@H](O)[C@H](NC(=O)[C@H](CC(=O)O)NC(=O)[C@H](CO)NC(=O)[C@H](Cc1ccc(O)cc1)NC(=O)[C@H](Cc1ccc(O)cc1)NC(=O)[C@H](CCC(N)=O)NC(=O)[C@H](CCCN=C(N)N)NC(=O)[C@H](CO)NC(=O)[C@H](CC(N)=O)NC(=O)[C@@H](N)CCCCN)C(=O)O. The number of nitrogens with two attached hydrogens (primary N) is 6. The maximum absolute atomic E-state index is 14.6. The monoisotopic (exact) mass is 1260 g/mol. The number of aliphatic hydroxyl groups excluding tert-OH is 3. The number of hydrogen-bond donors (Lipinski definition) is 22. The molecule has 89 heavy (non-hydrogen) atoms. The van der Waals surface area contributed by atoms with Crippen LogP contribution < -0.4 is 82.3 Å². The Hall–Kier alpha value is -9.78. The molecule has 0 saturated carbocycles. The fourth-order valence-electron chi connectivity index (χ4n) is 8.13. The minimum Gasteiger partial charge on any atom is -0.508 e. The van der Waals surface area contributed by atoms with Gasteiger partial charge in [0, 0.05) is 25.8 Å². The average Bonchev–Trinajstić information content (AvgIpc) is 2.96. The lowest BCUT2D eigenvalue weighted by Crippen LogP contribution is -2.62. The largest absolute Gasteiger partial charge is 0.508 e. The summed E-state index contributed by atoms with van der Waals surface area (Å²) in [6.45, 7) is -1.21. The van der Waals surface area contributed by atoms with Gasteiger partial charge in [0.2, 0.25) is 65.0 Å². The maximum Gasteiger partial charge on any atom is 0.328 e. The molecule has 0 saturated heterocycles. The smallest absolute Gasteiger partial charge is 0.328 e. The number of aliphatic carboxylic acids is 2. The molecular weight excluding hydrogens is 1180 g/mol. The molecule has 28 N–H and O–H groups in total. The Labute approximate surface area is 508 Å². The van der Waals surface area contributed by atoms with Gasteiger partial charge in [-0.05, 0) is 81.0 Å². The molecular formula is C53H80N16O20. The molecule has 0 heterocycles. The predicted molar refractivity (Wildman–Crippen MR) is 310 cm³/mol. The molecule has 2 rings (SSSR count). The third-order valence-corrected chi connectivity index (χ3v) is 12.9. The molecule has 0 spiro atoms. The van der Waals surface area contributed by atoms with Crippen LogP contribution in [-0.4, -0.2) is 211 Å². The molecule has 0 bridgehead atoms. The molecule has 0 aliphatic carbocycles. The van der Waals surface area contributed by atoms with Crippen molar-refractivity contribution in [3.63, 3.8) is 0 Å². The predicted octanol–water partition coefficient (Wildman–Crippen LogP) is -9.18. The Morgan fingerprint density at radius 2 is 0.854 bits per heavy atom. The lowest BCUT2D eigenvalue weighted by Gasteiger charge is -2.28. The molecule has 0 fully saturated rings. The number of hydrogen-bond acceptors (Lipinski definition) is 21. The average molecular weight is 1260 g/mol. The van der Waals surface area contributed by atoms with Crippen LogP contribution in [0.2, 0.25) is 0 Å². The Morgan fingerprint density at radius 1 is 0.472 bits per heavy atom. The first kappa shape index (κ1) is 75.3. The van der Waals surface area contributed by atoms with Crippen molar-refractivity contribution >= 4 is 82.9 Å². The molecule has 0 aliphatic heterocycles. The Kier molecular flexibility index (Phi) is 32.5. The van der Waals surface area contributed by atoms with E-state index < -0.39 is 195 Å². The fourth-order valence-corrected chi connectivity index (χ4v) is 8.13. The summed E-state index contributed by atoms with van der Waals surface area (Å²) in [5.74, 6) is -17.1. The van der Waals surface area contributed by atoms with Gasteiger partial charge >= 0.3 is 11.9 Å². The number of aliphatic imine (C=N–C) groups is 1. The van der Waals surface area contributed by atoms with Crippen LogP contribution in [0.25, 0.3) is 0 Å². The van der Waals surface area contributed by atoms with E-state index in [2.05, 4.69) is 42.2 Å². The Balaban J connectivity index is 2.61. The number of nitrogens with zero attached hydrogens (tertiary/aromatic N) is 1. The molecule has 0 unspecified atom stereocenters. The molecule has 36 heteroatoms. The van der Waals surface area contributed by atoms with Crippen LogP contribution in [-0.2, 0) is 75.2 Å². The molecule has 0 aliphatic rings. The van der Waals surface area contributed by atoms with Gasteiger partial charge in [-0.25, -0.2) is 4.79 Å². The number of phenols is 2. The summed E-state index contributed by atoms with van der Waals surface area (Å²) in [7, 11) is 0. The lowest BCUT2D eigenvalue weighted by atomic mass is 10.0. The minimum atomic E-state index is -2.06. The number of benzene rings is 2. The third-order valence-electron chi connectivity index (χ3n) is 12.9. The highest BCUT2D eigenvalue weighted by Gasteiger charge is 2.37. The van der Waals surface area contributed by atoms with Crippen molar-refractivity contribution in [2.24, 2.45) is 39.4 Å². The number of rotatable bonds is 41. The molecule has 11 amide bonds. The number of aromatic hydroxyl groups is 2. The zero-order valence-electron chi connectivity index (χ0n) is 48.4. The zero-order valence-corrected chi connectivity index (χ0v) is 48.4. The Morgan fingerprint density at radius 3 is 1.26 bits per heavy atom. The first-order chi connectivity index (χ1) is 41.9. The van der Waals surface area contributed by atoms with Gasteiger partial charge in [-0.3, -0.25) is 62.5 Å². The quantitative estimate of drug-likeness (QED) is 0.0167. The van der Waals surface area contributed by atoms with E-state index in [0.717, 1.165) is 6.92 Å². The summed E-state index contributed by atoms with van der Waals surface area (Å²) in [5, 5.41) is 89.5. The van der Waals surface area contributed by atoms with Crippen molar-refractivity contribution in [3.8, 4) is 11.5 Å². The molecule has 2 aromatic rings. The second-order valence-corrected chi connectivity index (χ2v) is 20.3. The summed E-state index contributed by atoms with van der Waals surface area (Å²) in [5.41, 5.74) is 33.6. The second kappa shape index (κ2) is 38.4. The minimum absolute atomic E-state index is 0.0670. The van der Waals surface area contributed by atoms with Crippen molar-refractivity contribution in [2.75, 3.05) is 26.3 Å². The van der Waals surface area contributed by atoms with E-state index >= 15 is 0 Å². The van der Waals surface area contributed by atoms with Crippen LogP contribution in [0.4, 0.5) is 0 Å². The van der Waals surface area contributed by atoms with Gasteiger partial charge in [-0.15, -0.1) is 0 Å². The topological polar surface area (TPSA) is 640 Å². The number of carbonyl (C=O) groups is 13. The molecule has 0 aromatic heterocycles. The van der Waals surface area contributed by atoms with E-state index in [-0.39, 0.29) is 54.4 Å². The summed E-state index contributed by atoms with van der Waals surface area (Å²) < 4.78 is 0. The number of primary amides is 2. The zero-order chi connectivity index (χ0) is 67.1. The molecule has 492 valence electrons. The number of carbonyl (C=O) groups excluding carboxylic acids is 11. The number of guanidine groups is 1. The van der Waals surface area contributed by atoms with Gasteiger partial charge in [-0.1, -0.05) is 30.7 Å². The van der Waals surface area contributed by atoms with E-state index in [1.165, 1.54) is 48.5 Å². The normalized spacial score (nSPS) is 14.6. The van der Waals surface area contributed by atoms with E-state index in [1.807, 2.05) is 10.6 Å². The van der Waals surface area contributed by atoms with Gasteiger partial charge in [0.25, 0.3) is 0 Å². The number of carboxylic acid groups (broad SMARTS) is 2. The lowest BCUT2D eigenvalue weighted by molar-refractivity contribution is -0.146. The van der Waals surface area contributed by atoms with Crippen molar-refractivity contribution < 1.29 is 98.1 Å². The van der Waals surface area contributed by atoms with E-state index in [9.17, 15) is 98.1 Å². The van der Waals surface area contributed by atoms with Gasteiger partial charge in [0.1, 0.15) is 59.8 Å². The van der Waals surface area contributed by atoms with Crippen LogP contribution in [0.5, 0.6) is 11.5 Å². The van der Waals surface area contributed by atoms with Crippen molar-refractivity contribution in [2.45, 2.75) is 144 Å². The number of nitrogens with one attached hydrogen (secondary N) is 9. The number of amides is 11. The summed E-state index contributed by atoms with van der Waals surface area (Å²) in [6.07, 6.45) is -5.06. The summed E-state index contributed by atoms with van der Waals surface area (Å²) in [6, 6.07) is -7.68. The molecule has 11 atom stereocenters. The number of carboxylic acids is 2. The third kappa shape index (κ3) is 28.1. The standard InChI is InChI=1S/C53H80N16O20/c1-25(72)42(52(88)89)69-49(85)36(22-41(77)78)66-51(87)38(24-71)67-47(83)34(20-27-9-13-29(74)14-10-27)65-46(82)33(19-26-7-11-28(73)12-8-26)64-45(81)32(15-16-39(56)75)62-44(80)31(6-4-18-60-53(58)59)61-50(86)37(23-70)68-48(84)35(21-40(57)76)63-43(79)30(55)5-2-3-17-54/h7-14,25,30-38,42,70-74H,2-6,15-24,54-55H2,1H3,(H2,56,75)(H2,57,76)(H,61,86)(H,62,80)(H,63,79)(H,64,81)(H,65,82)(H,66,87)(H,67,83)(H,68,84)(H,69,85)(H,77,78)(H,88,89)(H4,58,59,60)/t25-,30+,31+,32+,33+,34+,35+,36+,37+,38+,42+/m1/s1. The number of phenolic OH excluding ortho intramolecular Hbond substituents is 2. The van der Waals surface area contributed by atoms with Crippen LogP contribution in [0.1, 0.15) is 75.8 Å². The molecule has 36 nitrogen and oxygen atoms in total. The van der Waals surface area contributed by atoms with Crippen molar-refractivity contribution in [3.05, 3.63) is 59.7 Å². The van der Waals surface area contributed by atoms with Gasteiger partial charge < -0.3 is 118 Å². The second-order valence-electron chi connectivity index (χ2n) is 20.3. The van der Waals surface area contributed by atoms with Crippen LogP contribution in [0.3, 0.4) is 0 Å². The molecule has 2 aromatic carbocycles. The fraction of sp³-hybridized carbons (Fsp3) is 0.509. The maximum atomic E-state index is 14.6. The summed E-state index contributed by atoms with van der Waals surface area (Å²) in [4.78, 5) is 176. The Bertz CT molecular complexity index is 2810. The first-order valence-corrected chi connectivity index (χ1v) is 27.6. The van der Waals surface area contributed by atoms with Crippen LogP contribution >= 0.6 is 0 Å². The first-order valence-electron chi connectivity index (χ1n) is 27.6. The van der Waals surface area contributed by atoms with Crippen LogP contribution in [0.15, 0.2) is 53.5 Å². The summed E-state index contributed by atoms with van der Waals surface area (Å²) >= 11 is 0.